The molecule has 0 atom stereocenters. The average molecular weight is 456 g/mol. The summed E-state index contributed by atoms with van der Waals surface area (Å²) < 4.78 is 17.9. The van der Waals surface area contributed by atoms with E-state index < -0.39 is 0 Å². The molecule has 4 rings (SSSR count). The Morgan fingerprint density at radius 1 is 1.31 bits per heavy atom. The maximum atomic E-state index is 13.6. The van der Waals surface area contributed by atoms with E-state index in [1.54, 1.807) is 30.2 Å². The number of nitrogens with one attached hydrogen (secondary N) is 1. The van der Waals surface area contributed by atoms with Crippen molar-refractivity contribution >= 4 is 21.6 Å². The molecule has 8 nitrogen and oxygen atoms in total. The summed E-state index contributed by atoms with van der Waals surface area (Å²) in [6, 6.07) is 5.07. The standard InChI is InChI=1S/C23H25N3O5S/c1-14(2)12-31-19-10-24-15(9-17(19)27)11-26-20(6-8-29-3)25-22-21(23(26)28)16(13-32-22)18-5-4-7-30-18/h4-5,7,9-10,13-14H,6,8,11-12H2,1-3H3,(H,24,27). The first-order chi connectivity index (χ1) is 15.5. The number of rotatable bonds is 9. The Balaban J connectivity index is 1.75. The van der Waals surface area contributed by atoms with E-state index in [4.69, 9.17) is 18.9 Å². The van der Waals surface area contributed by atoms with Gasteiger partial charge in [-0.1, -0.05) is 13.8 Å². The minimum absolute atomic E-state index is 0.175. The van der Waals surface area contributed by atoms with Gasteiger partial charge in [0, 0.05) is 42.4 Å². The number of ether oxygens (including phenoxy) is 2. The van der Waals surface area contributed by atoms with Crippen molar-refractivity contribution in [2.75, 3.05) is 20.3 Å². The number of hydrogen-bond acceptors (Lipinski definition) is 7. The molecule has 0 aliphatic carbocycles. The second-order valence-electron chi connectivity index (χ2n) is 7.86. The van der Waals surface area contributed by atoms with Crippen LogP contribution in [0, 0.1) is 5.92 Å². The quantitative estimate of drug-likeness (QED) is 0.413. The van der Waals surface area contributed by atoms with Gasteiger partial charge in [0.1, 0.15) is 16.4 Å². The summed E-state index contributed by atoms with van der Waals surface area (Å²) in [4.78, 5) is 34.5. The maximum Gasteiger partial charge on any atom is 0.263 e. The van der Waals surface area contributed by atoms with Crippen molar-refractivity contribution in [1.29, 1.82) is 0 Å². The summed E-state index contributed by atoms with van der Waals surface area (Å²) in [7, 11) is 1.61. The first-order valence-electron chi connectivity index (χ1n) is 10.4. The Kier molecular flexibility index (Phi) is 6.57. The number of H-pyrrole nitrogens is 1. The molecular weight excluding hydrogens is 430 g/mol. The minimum atomic E-state index is -0.230. The van der Waals surface area contributed by atoms with Crippen LogP contribution in [-0.4, -0.2) is 34.9 Å². The molecule has 0 fully saturated rings. The Morgan fingerprint density at radius 2 is 2.16 bits per heavy atom. The molecule has 168 valence electrons. The second-order valence-corrected chi connectivity index (χ2v) is 8.72. The highest BCUT2D eigenvalue weighted by molar-refractivity contribution is 7.17. The first kappa shape index (κ1) is 22.0. The second kappa shape index (κ2) is 9.54. The fourth-order valence-electron chi connectivity index (χ4n) is 3.36. The van der Waals surface area contributed by atoms with Gasteiger partial charge in [-0.25, -0.2) is 4.98 Å². The largest absolute Gasteiger partial charge is 0.488 e. The number of hydrogen-bond donors (Lipinski definition) is 1. The molecule has 0 saturated heterocycles. The molecule has 4 aromatic heterocycles. The fourth-order valence-corrected chi connectivity index (χ4v) is 4.29. The molecule has 32 heavy (non-hydrogen) atoms. The molecular formula is C23H25N3O5S. The van der Waals surface area contributed by atoms with E-state index in [-0.39, 0.29) is 23.3 Å². The van der Waals surface area contributed by atoms with Crippen LogP contribution in [0.3, 0.4) is 0 Å². The molecule has 0 bridgehead atoms. The summed E-state index contributed by atoms with van der Waals surface area (Å²) in [5.74, 6) is 1.79. The number of nitrogens with zero attached hydrogens (tertiary/aromatic N) is 2. The first-order valence-corrected chi connectivity index (χ1v) is 11.2. The molecule has 0 aliphatic rings. The van der Waals surface area contributed by atoms with Gasteiger partial charge in [0.2, 0.25) is 5.43 Å². The van der Waals surface area contributed by atoms with Crippen LogP contribution in [0.1, 0.15) is 25.4 Å². The van der Waals surface area contributed by atoms with Gasteiger partial charge in [-0.3, -0.25) is 14.2 Å². The molecule has 0 radical (unpaired) electrons. The summed E-state index contributed by atoms with van der Waals surface area (Å²) >= 11 is 1.40. The van der Waals surface area contributed by atoms with Crippen LogP contribution in [0.4, 0.5) is 0 Å². The van der Waals surface area contributed by atoms with Crippen molar-refractivity contribution in [2.24, 2.45) is 5.92 Å². The average Bonchev–Trinajstić information content (AvgIpc) is 3.43. The van der Waals surface area contributed by atoms with Gasteiger partial charge in [-0.05, 0) is 18.1 Å². The highest BCUT2D eigenvalue weighted by Crippen LogP contribution is 2.31. The van der Waals surface area contributed by atoms with Crippen LogP contribution in [-0.2, 0) is 17.7 Å². The van der Waals surface area contributed by atoms with Gasteiger partial charge in [0.25, 0.3) is 5.56 Å². The predicted molar refractivity (Wildman–Crippen MR) is 124 cm³/mol. The number of furan rings is 1. The zero-order valence-electron chi connectivity index (χ0n) is 18.2. The van der Waals surface area contributed by atoms with Crippen molar-refractivity contribution in [1.82, 2.24) is 14.5 Å². The van der Waals surface area contributed by atoms with Crippen LogP contribution in [0.5, 0.6) is 5.75 Å². The van der Waals surface area contributed by atoms with Gasteiger partial charge < -0.3 is 18.9 Å². The van der Waals surface area contributed by atoms with Crippen molar-refractivity contribution < 1.29 is 13.9 Å². The maximum absolute atomic E-state index is 13.6. The zero-order chi connectivity index (χ0) is 22.7. The van der Waals surface area contributed by atoms with Crippen molar-refractivity contribution in [3.63, 3.8) is 0 Å². The summed E-state index contributed by atoms with van der Waals surface area (Å²) in [6.45, 7) is 5.08. The number of pyridine rings is 1. The minimum Gasteiger partial charge on any atom is -0.488 e. The Hall–Kier alpha value is -3.17. The van der Waals surface area contributed by atoms with Gasteiger partial charge in [-0.2, -0.15) is 0 Å². The molecule has 0 saturated carbocycles. The lowest BCUT2D eigenvalue weighted by molar-refractivity contribution is 0.199. The molecule has 0 aliphatic heterocycles. The van der Waals surface area contributed by atoms with Crippen molar-refractivity contribution in [3.05, 3.63) is 68.1 Å². The number of fused-ring (bicyclic) bond motifs is 1. The van der Waals surface area contributed by atoms with E-state index in [0.717, 1.165) is 0 Å². The van der Waals surface area contributed by atoms with E-state index in [1.807, 2.05) is 25.3 Å². The van der Waals surface area contributed by atoms with Gasteiger partial charge >= 0.3 is 0 Å². The van der Waals surface area contributed by atoms with Gasteiger partial charge in [0.05, 0.1) is 31.4 Å². The molecule has 0 amide bonds. The van der Waals surface area contributed by atoms with Crippen LogP contribution in [0.15, 0.2) is 50.0 Å². The monoisotopic (exact) mass is 455 g/mol. The van der Waals surface area contributed by atoms with E-state index in [9.17, 15) is 9.59 Å². The molecule has 0 unspecified atom stereocenters. The van der Waals surface area contributed by atoms with Crippen LogP contribution < -0.4 is 15.7 Å². The van der Waals surface area contributed by atoms with Crippen LogP contribution in [0.25, 0.3) is 21.5 Å². The van der Waals surface area contributed by atoms with E-state index >= 15 is 0 Å². The van der Waals surface area contributed by atoms with E-state index in [0.29, 0.717) is 58.6 Å². The number of aromatic nitrogens is 3. The lowest BCUT2D eigenvalue weighted by Gasteiger charge is -2.13. The van der Waals surface area contributed by atoms with E-state index in [2.05, 4.69) is 4.98 Å². The summed E-state index contributed by atoms with van der Waals surface area (Å²) in [5, 5.41) is 2.38. The smallest absolute Gasteiger partial charge is 0.263 e. The number of aromatic amines is 1. The Morgan fingerprint density at radius 3 is 2.84 bits per heavy atom. The summed E-state index contributed by atoms with van der Waals surface area (Å²) in [6.07, 6.45) is 3.59. The Bertz CT molecular complexity index is 1320. The van der Waals surface area contributed by atoms with E-state index in [1.165, 1.54) is 17.4 Å². The molecule has 4 heterocycles. The van der Waals surface area contributed by atoms with Gasteiger partial charge in [0.15, 0.2) is 5.75 Å². The normalized spacial score (nSPS) is 11.5. The third kappa shape index (κ3) is 4.53. The lowest BCUT2D eigenvalue weighted by Crippen LogP contribution is -2.27. The molecule has 9 heteroatoms. The van der Waals surface area contributed by atoms with Crippen LogP contribution >= 0.6 is 11.3 Å². The van der Waals surface area contributed by atoms with Crippen molar-refractivity contribution in [3.8, 4) is 17.1 Å². The highest BCUT2D eigenvalue weighted by Gasteiger charge is 2.19. The third-order valence-electron chi connectivity index (χ3n) is 4.93. The molecule has 4 aromatic rings. The SMILES string of the molecule is COCCc1nc2scc(-c3ccco3)c2c(=O)n1Cc1cc(=O)c(OCC(C)C)c[nH]1. The summed E-state index contributed by atoms with van der Waals surface area (Å²) in [5.41, 5.74) is 0.885. The van der Waals surface area contributed by atoms with Gasteiger partial charge in [-0.15, -0.1) is 11.3 Å². The van der Waals surface area contributed by atoms with Crippen molar-refractivity contribution in [2.45, 2.75) is 26.8 Å². The zero-order valence-corrected chi connectivity index (χ0v) is 19.0. The molecule has 0 spiro atoms. The number of thiophene rings is 1. The topological polar surface area (TPSA) is 99.4 Å². The third-order valence-corrected chi connectivity index (χ3v) is 5.80. The highest BCUT2D eigenvalue weighted by atomic mass is 32.1. The fraction of sp³-hybridized carbons (Fsp3) is 0.348. The molecule has 1 N–H and O–H groups in total. The molecule has 0 aromatic carbocycles. The number of methoxy groups -OCH3 is 1. The van der Waals surface area contributed by atoms with Crippen LogP contribution in [0.2, 0.25) is 0 Å². The Labute approximate surface area is 188 Å². The predicted octanol–water partition coefficient (Wildman–Crippen LogP) is 3.68. The lowest BCUT2D eigenvalue weighted by atomic mass is 10.2.